The Morgan fingerprint density at radius 1 is 0.545 bits per heavy atom. The third-order valence-corrected chi connectivity index (χ3v) is 15.8. The zero-order chi connectivity index (χ0) is 18.0. The van der Waals surface area contributed by atoms with Crippen molar-refractivity contribution in [3.05, 3.63) is 0 Å². The van der Waals surface area contributed by atoms with Crippen molar-refractivity contribution >= 4 is 35.5 Å². The summed E-state index contributed by atoms with van der Waals surface area (Å²) in [5.41, 5.74) is 0. The van der Waals surface area contributed by atoms with Gasteiger partial charge in [-0.05, 0) is 40.5 Å². The molecule has 0 aliphatic carbocycles. The van der Waals surface area contributed by atoms with E-state index in [4.69, 9.17) is 0 Å². The second-order valence-corrected chi connectivity index (χ2v) is 18.1. The zero-order valence-electron chi connectivity index (χ0n) is 12.9. The summed E-state index contributed by atoms with van der Waals surface area (Å²) in [5.74, 6) is -1.46. The third-order valence-electron chi connectivity index (χ3n) is 2.90. The van der Waals surface area contributed by atoms with E-state index in [1.165, 1.54) is 27.7 Å². The fourth-order valence-electron chi connectivity index (χ4n) is 1.38. The highest BCUT2D eigenvalue weighted by atomic mass is 33.2. The molecule has 0 atom stereocenters. The molecule has 0 spiro atoms. The fourth-order valence-corrected chi connectivity index (χ4v) is 9.75. The van der Waals surface area contributed by atoms with Crippen molar-refractivity contribution in [3.8, 4) is 0 Å². The quantitative estimate of drug-likeness (QED) is 0.393. The van der Waals surface area contributed by atoms with Crippen molar-refractivity contribution in [3.63, 3.8) is 0 Å². The van der Waals surface area contributed by atoms with Gasteiger partial charge in [0.05, 0.1) is 22.0 Å². The van der Waals surface area contributed by atoms with Gasteiger partial charge in [-0.3, -0.25) is 0 Å². The Labute approximate surface area is 131 Å². The molecule has 0 fully saturated rings. The van der Waals surface area contributed by atoms with E-state index in [9.17, 15) is 33.7 Å². The molecule has 134 valence electrons. The average molecular weight is 399 g/mol. The molecule has 8 nitrogen and oxygen atoms in total. The molecule has 0 heterocycles. The Kier molecular flexibility index (Phi) is 7.07. The van der Waals surface area contributed by atoms with E-state index >= 15 is 0 Å². The highest BCUT2D eigenvalue weighted by Gasteiger charge is 2.34. The van der Waals surface area contributed by atoms with Crippen molar-refractivity contribution in [1.29, 1.82) is 0 Å². The summed E-state index contributed by atoms with van der Waals surface area (Å²) in [4.78, 5) is 0. The lowest BCUT2D eigenvalue weighted by atomic mass is 10.4. The molecular weight excluding hydrogens is 376 g/mol. The number of rotatable bonds is 9. The largest absolute Gasteiger partial charge is 0.255 e. The van der Waals surface area contributed by atoms with Crippen molar-refractivity contribution in [2.45, 2.75) is 51.0 Å². The van der Waals surface area contributed by atoms with E-state index in [-0.39, 0.29) is 12.8 Å². The van der Waals surface area contributed by atoms with Gasteiger partial charge < -0.3 is 0 Å². The molecule has 12 heteroatoms. The first-order chi connectivity index (χ1) is 9.59. The molecule has 0 saturated heterocycles. The highest BCUT2D eigenvalue weighted by molar-refractivity contribution is 8.67. The van der Waals surface area contributed by atoms with Crippen LogP contribution in [-0.2, 0) is 35.5 Å². The van der Waals surface area contributed by atoms with Crippen LogP contribution in [0.15, 0.2) is 0 Å². The maximum Gasteiger partial charge on any atom is 0.255 e. The molecule has 0 aliphatic heterocycles. The van der Waals surface area contributed by atoms with Crippen LogP contribution in [-0.4, -0.2) is 55.7 Å². The SMILES string of the molecule is CC(C)S(=O)(=O)S(=O)(=O)CCCCS(=O)(=O)S(=O)(=O)C(C)C. The Morgan fingerprint density at radius 3 is 0.955 bits per heavy atom. The Morgan fingerprint density at radius 2 is 0.773 bits per heavy atom. The van der Waals surface area contributed by atoms with Crippen molar-refractivity contribution < 1.29 is 33.7 Å². The first-order valence-electron chi connectivity index (χ1n) is 6.52. The first-order valence-corrected chi connectivity index (χ1v) is 14.0. The normalized spacial score (nSPS) is 14.6. The number of hydrogen-bond acceptors (Lipinski definition) is 8. The van der Waals surface area contributed by atoms with Gasteiger partial charge in [-0.15, -0.1) is 0 Å². The zero-order valence-corrected chi connectivity index (χ0v) is 16.1. The van der Waals surface area contributed by atoms with Crippen LogP contribution in [0.3, 0.4) is 0 Å². The van der Waals surface area contributed by atoms with Gasteiger partial charge in [-0.1, -0.05) is 0 Å². The summed E-state index contributed by atoms with van der Waals surface area (Å²) < 4.78 is 93.0. The molecule has 22 heavy (non-hydrogen) atoms. The fraction of sp³-hybridized carbons (Fsp3) is 1.00. The predicted molar refractivity (Wildman–Crippen MR) is 84.9 cm³/mol. The van der Waals surface area contributed by atoms with Crippen LogP contribution in [0.5, 0.6) is 0 Å². The molecule has 0 radical (unpaired) electrons. The minimum atomic E-state index is -4.40. The first kappa shape index (κ1) is 21.8. The third kappa shape index (κ3) is 4.65. The lowest BCUT2D eigenvalue weighted by molar-refractivity contribution is 0.573. The standard InChI is InChI=1S/C10H22O8S4/c1-9(2)21(15,16)19(11,12)7-5-6-8-20(13,14)22(17,18)10(3)4/h9-10H,5-8H2,1-4H3. The maximum absolute atomic E-state index is 11.7. The molecule has 0 aliphatic rings. The summed E-state index contributed by atoms with van der Waals surface area (Å²) in [7, 11) is -17.5. The van der Waals surface area contributed by atoms with Crippen LogP contribution in [0, 0.1) is 0 Å². The van der Waals surface area contributed by atoms with E-state index < -0.39 is 57.5 Å². The molecule has 0 aromatic carbocycles. The van der Waals surface area contributed by atoms with Gasteiger partial charge in [0.15, 0.2) is 0 Å². The van der Waals surface area contributed by atoms with Crippen molar-refractivity contribution in [1.82, 2.24) is 0 Å². The van der Waals surface area contributed by atoms with Crippen LogP contribution in [0.4, 0.5) is 0 Å². The molecule has 0 unspecified atom stereocenters. The number of unbranched alkanes of at least 4 members (excludes halogenated alkanes) is 1. The molecule has 0 bridgehead atoms. The van der Waals surface area contributed by atoms with E-state index in [1.54, 1.807) is 0 Å². The van der Waals surface area contributed by atoms with Crippen LogP contribution in [0.2, 0.25) is 0 Å². The lowest BCUT2D eigenvalue weighted by Gasteiger charge is -2.10. The van der Waals surface area contributed by atoms with Gasteiger partial charge >= 0.3 is 0 Å². The molecular formula is C10H22O8S4. The summed E-state index contributed by atoms with van der Waals surface area (Å²) in [6.45, 7) is 4.91. The Hall–Kier alpha value is -0.200. The van der Waals surface area contributed by atoms with Gasteiger partial charge in [-0.2, -0.15) is 0 Å². The molecule has 0 amide bonds. The van der Waals surface area contributed by atoms with Gasteiger partial charge in [-0.25, -0.2) is 33.7 Å². The van der Waals surface area contributed by atoms with Gasteiger partial charge in [0, 0.05) is 0 Å². The Balaban J connectivity index is 4.85. The lowest BCUT2D eigenvalue weighted by Crippen LogP contribution is -2.28. The second-order valence-electron chi connectivity index (χ2n) is 5.31. The van der Waals surface area contributed by atoms with Crippen LogP contribution in [0.1, 0.15) is 40.5 Å². The van der Waals surface area contributed by atoms with Crippen LogP contribution >= 0.6 is 0 Å². The van der Waals surface area contributed by atoms with Crippen molar-refractivity contribution in [2.75, 3.05) is 11.5 Å². The summed E-state index contributed by atoms with van der Waals surface area (Å²) in [6.07, 6.45) is -0.498. The van der Waals surface area contributed by atoms with Crippen LogP contribution in [0.25, 0.3) is 0 Å². The predicted octanol–water partition coefficient (Wildman–Crippen LogP) is 0.0726. The Bertz CT molecular complexity index is 713. The summed E-state index contributed by atoms with van der Waals surface area (Å²) in [6, 6.07) is 0. The second kappa shape index (κ2) is 7.14. The van der Waals surface area contributed by atoms with E-state index in [0.717, 1.165) is 0 Å². The van der Waals surface area contributed by atoms with Gasteiger partial charge in [0.25, 0.3) is 35.5 Å². The minimum absolute atomic E-state index is 0.249. The molecule has 0 rings (SSSR count). The van der Waals surface area contributed by atoms with Gasteiger partial charge in [0.1, 0.15) is 0 Å². The highest BCUT2D eigenvalue weighted by Crippen LogP contribution is 2.16. The monoisotopic (exact) mass is 398 g/mol. The summed E-state index contributed by atoms with van der Waals surface area (Å²) in [5, 5.41) is -2.19. The minimum Gasteiger partial charge on any atom is -0.213 e. The molecule has 0 aromatic heterocycles. The summed E-state index contributed by atoms with van der Waals surface area (Å²) >= 11 is 0. The molecule has 0 N–H and O–H groups in total. The van der Waals surface area contributed by atoms with E-state index in [0.29, 0.717) is 0 Å². The smallest absolute Gasteiger partial charge is 0.213 e. The van der Waals surface area contributed by atoms with Gasteiger partial charge in [0.2, 0.25) is 0 Å². The average Bonchev–Trinajstić information content (AvgIpc) is 2.33. The van der Waals surface area contributed by atoms with Crippen LogP contribution < -0.4 is 0 Å². The van der Waals surface area contributed by atoms with Crippen molar-refractivity contribution in [2.24, 2.45) is 0 Å². The molecule has 0 saturated carbocycles. The topological polar surface area (TPSA) is 137 Å². The number of hydrogen-bond donors (Lipinski definition) is 0. The van der Waals surface area contributed by atoms with E-state index in [1.807, 2.05) is 0 Å². The maximum atomic E-state index is 11.7. The van der Waals surface area contributed by atoms with E-state index in [2.05, 4.69) is 0 Å². The molecule has 0 aromatic rings.